The van der Waals surface area contributed by atoms with E-state index in [-0.39, 0.29) is 16.7 Å². The average Bonchev–Trinajstić information content (AvgIpc) is 2.91. The summed E-state index contributed by atoms with van der Waals surface area (Å²) in [5, 5.41) is 82.2. The molecule has 2 aromatic carbocycles. The van der Waals surface area contributed by atoms with Gasteiger partial charge in [0.05, 0.1) is 19.8 Å². The van der Waals surface area contributed by atoms with Crippen molar-refractivity contribution in [2.75, 3.05) is 13.7 Å². The van der Waals surface area contributed by atoms with Crippen LogP contribution >= 0.6 is 0 Å². The van der Waals surface area contributed by atoms with Crippen LogP contribution < -0.4 is 14.9 Å². The van der Waals surface area contributed by atoms with Crippen molar-refractivity contribution in [3.63, 3.8) is 0 Å². The zero-order valence-electron chi connectivity index (χ0n) is 21.1. The van der Waals surface area contributed by atoms with Gasteiger partial charge >= 0.3 is 0 Å². The number of hydrogen-bond acceptors (Lipinski definition) is 15. The molecule has 15 heteroatoms. The lowest BCUT2D eigenvalue weighted by molar-refractivity contribution is -0.341. The van der Waals surface area contributed by atoms with E-state index < -0.39 is 101 Å². The minimum atomic E-state index is -1.75. The van der Waals surface area contributed by atoms with Crippen LogP contribution in [0.15, 0.2) is 27.4 Å². The quantitative estimate of drug-likeness (QED) is 0.132. The number of aromatic hydroxyl groups is 3. The van der Waals surface area contributed by atoms with E-state index in [0.717, 1.165) is 12.1 Å². The monoisotopic (exact) mass is 568 g/mol. The summed E-state index contributed by atoms with van der Waals surface area (Å²) in [7, 11) is 1.33. The molecular formula is C25H28O15. The number of rotatable bonds is 5. The Labute approximate surface area is 224 Å². The maximum atomic E-state index is 13.3. The summed E-state index contributed by atoms with van der Waals surface area (Å²) in [4.78, 5) is 13.3. The molecule has 2 fully saturated rings. The molecule has 0 unspecified atom stereocenters. The molecule has 0 spiro atoms. The van der Waals surface area contributed by atoms with Gasteiger partial charge in [-0.25, -0.2) is 0 Å². The predicted molar refractivity (Wildman–Crippen MR) is 131 cm³/mol. The van der Waals surface area contributed by atoms with Crippen molar-refractivity contribution in [3.05, 3.63) is 28.4 Å². The Kier molecular flexibility index (Phi) is 7.41. The molecule has 40 heavy (non-hydrogen) atoms. The van der Waals surface area contributed by atoms with Crippen LogP contribution in [0.2, 0.25) is 0 Å². The standard InChI is InChI=1S/C25H28O15/c1-7-16(29)20(33)23(40-24-21(34)17(30)11(28)6-36-24)25(37-7)39-13-5-10(27)22-15(18(13)31)19(32)14-9(26)3-8(35-2)4-12(14)38-22/h3-5,7,11,16-17,20-21,23-31,33-34H,6H2,1-2H3/t7-,11+,16-,17-,20+,21-,23+,24-,25-/m0/s1. The summed E-state index contributed by atoms with van der Waals surface area (Å²) < 4.78 is 32.7. The zero-order valence-corrected chi connectivity index (χ0v) is 21.1. The van der Waals surface area contributed by atoms with Gasteiger partial charge in [-0.3, -0.25) is 4.79 Å². The molecule has 15 nitrogen and oxygen atoms in total. The summed E-state index contributed by atoms with van der Waals surface area (Å²) in [6.45, 7) is 0.987. The van der Waals surface area contributed by atoms with Gasteiger partial charge in [0.25, 0.3) is 0 Å². The number of hydrogen-bond donors (Lipinski definition) is 8. The van der Waals surface area contributed by atoms with Gasteiger partial charge < -0.3 is 69.0 Å². The SMILES string of the molecule is COc1cc(O)c2c(=O)c3c(O)c(O[C@@H]4O[C@@H](C)[C@H](O)[C@@H](O)[C@H]4O[C@@H]4OC[C@@H](O)[C@H](O)[C@@H]4O)cc(O)c3oc2c1. The Morgan fingerprint density at radius 3 is 2.30 bits per heavy atom. The van der Waals surface area contributed by atoms with E-state index in [1.165, 1.54) is 20.1 Å². The lowest BCUT2D eigenvalue weighted by Gasteiger charge is -2.44. The first-order valence-corrected chi connectivity index (χ1v) is 12.1. The third-order valence-corrected chi connectivity index (χ3v) is 6.93. The third kappa shape index (κ3) is 4.65. The lowest BCUT2D eigenvalue weighted by atomic mass is 9.99. The Morgan fingerprint density at radius 1 is 0.875 bits per heavy atom. The van der Waals surface area contributed by atoms with Crippen LogP contribution in [0.3, 0.4) is 0 Å². The fraction of sp³-hybridized carbons (Fsp3) is 0.480. The molecule has 8 N–H and O–H groups in total. The van der Waals surface area contributed by atoms with Gasteiger partial charge in [-0.15, -0.1) is 0 Å². The van der Waals surface area contributed by atoms with Crippen LogP contribution in [0.25, 0.3) is 21.9 Å². The largest absolute Gasteiger partial charge is 0.507 e. The minimum Gasteiger partial charge on any atom is -0.507 e. The molecule has 5 rings (SSSR count). The third-order valence-electron chi connectivity index (χ3n) is 6.93. The molecule has 0 aliphatic carbocycles. The second kappa shape index (κ2) is 10.5. The average molecular weight is 568 g/mol. The Balaban J connectivity index is 1.54. The highest BCUT2D eigenvalue weighted by Crippen LogP contribution is 2.43. The molecule has 0 amide bonds. The number of aliphatic hydroxyl groups is 5. The first kappa shape index (κ1) is 28.1. The van der Waals surface area contributed by atoms with E-state index in [4.69, 9.17) is 28.1 Å². The molecule has 218 valence electrons. The van der Waals surface area contributed by atoms with Gasteiger partial charge in [0, 0.05) is 18.2 Å². The normalized spacial score (nSPS) is 32.8. The van der Waals surface area contributed by atoms with Gasteiger partial charge in [0.15, 0.2) is 35.2 Å². The zero-order chi connectivity index (χ0) is 29.0. The summed E-state index contributed by atoms with van der Waals surface area (Å²) in [6.07, 6.45) is -13.9. The van der Waals surface area contributed by atoms with Crippen LogP contribution in [0.1, 0.15) is 6.92 Å². The number of fused-ring (bicyclic) bond motifs is 2. The minimum absolute atomic E-state index is 0.133. The van der Waals surface area contributed by atoms with Gasteiger partial charge in [-0.2, -0.15) is 0 Å². The van der Waals surface area contributed by atoms with E-state index in [1.54, 1.807) is 0 Å². The molecular weight excluding hydrogens is 540 g/mol. The second-order valence-corrected chi connectivity index (χ2v) is 9.56. The van der Waals surface area contributed by atoms with Crippen LogP contribution in [-0.2, 0) is 14.2 Å². The molecule has 2 aliphatic rings. The van der Waals surface area contributed by atoms with Crippen molar-refractivity contribution in [3.8, 4) is 28.7 Å². The van der Waals surface area contributed by atoms with Crippen LogP contribution in [0.5, 0.6) is 28.7 Å². The van der Waals surface area contributed by atoms with Crippen molar-refractivity contribution in [2.24, 2.45) is 0 Å². The Hall–Kier alpha value is -3.41. The molecule has 3 heterocycles. The lowest BCUT2D eigenvalue weighted by Crippen LogP contribution is -2.62. The Bertz CT molecular complexity index is 1470. The van der Waals surface area contributed by atoms with E-state index >= 15 is 0 Å². The molecule has 1 aromatic heterocycles. The molecule has 2 aliphatic heterocycles. The fourth-order valence-corrected chi connectivity index (χ4v) is 4.68. The maximum Gasteiger partial charge on any atom is 0.229 e. The van der Waals surface area contributed by atoms with Crippen LogP contribution in [0, 0.1) is 0 Å². The predicted octanol–water partition coefficient (Wildman–Crippen LogP) is -1.26. The summed E-state index contributed by atoms with van der Waals surface area (Å²) in [5.74, 6) is -2.33. The van der Waals surface area contributed by atoms with Crippen LogP contribution in [0.4, 0.5) is 0 Å². The van der Waals surface area contributed by atoms with Crippen molar-refractivity contribution in [2.45, 2.75) is 62.2 Å². The van der Waals surface area contributed by atoms with Crippen molar-refractivity contribution in [1.82, 2.24) is 0 Å². The van der Waals surface area contributed by atoms with Gasteiger partial charge in [0.1, 0.15) is 58.4 Å². The number of benzene rings is 2. The van der Waals surface area contributed by atoms with Crippen molar-refractivity contribution in [1.29, 1.82) is 0 Å². The Morgan fingerprint density at radius 2 is 1.60 bits per heavy atom. The van der Waals surface area contributed by atoms with E-state index in [0.29, 0.717) is 0 Å². The van der Waals surface area contributed by atoms with Gasteiger partial charge in [-0.05, 0) is 6.92 Å². The smallest absolute Gasteiger partial charge is 0.229 e. The highest BCUT2D eigenvalue weighted by atomic mass is 16.8. The summed E-state index contributed by atoms with van der Waals surface area (Å²) in [5.41, 5.74) is -1.48. The number of aliphatic hydroxyl groups excluding tert-OH is 5. The maximum absolute atomic E-state index is 13.3. The number of ether oxygens (including phenoxy) is 5. The molecule has 9 atom stereocenters. The van der Waals surface area contributed by atoms with Gasteiger partial charge in [0.2, 0.25) is 11.7 Å². The molecule has 0 saturated carbocycles. The van der Waals surface area contributed by atoms with Crippen molar-refractivity contribution >= 4 is 21.9 Å². The van der Waals surface area contributed by atoms with Crippen LogP contribution in [-0.4, -0.2) is 110 Å². The molecule has 0 radical (unpaired) electrons. The first-order valence-electron chi connectivity index (χ1n) is 12.1. The highest BCUT2D eigenvalue weighted by Gasteiger charge is 2.49. The summed E-state index contributed by atoms with van der Waals surface area (Å²) in [6, 6.07) is 3.37. The second-order valence-electron chi connectivity index (χ2n) is 9.56. The molecule has 2 saturated heterocycles. The molecule has 0 bridgehead atoms. The molecule has 3 aromatic rings. The number of phenols is 3. The fourth-order valence-electron chi connectivity index (χ4n) is 4.68. The van der Waals surface area contributed by atoms with E-state index in [2.05, 4.69) is 0 Å². The topological polar surface area (TPSA) is 238 Å². The van der Waals surface area contributed by atoms with E-state index in [1.807, 2.05) is 0 Å². The van der Waals surface area contributed by atoms with Gasteiger partial charge in [-0.1, -0.05) is 0 Å². The summed E-state index contributed by atoms with van der Waals surface area (Å²) >= 11 is 0. The number of phenolic OH excluding ortho intramolecular Hbond substituents is 3. The van der Waals surface area contributed by atoms with E-state index in [9.17, 15) is 45.6 Å². The highest BCUT2D eigenvalue weighted by molar-refractivity contribution is 5.99. The van der Waals surface area contributed by atoms with Crippen molar-refractivity contribution < 1.29 is 69.0 Å². The first-order chi connectivity index (χ1) is 18.9. The number of methoxy groups -OCH3 is 1.